The second kappa shape index (κ2) is 42.3. The first kappa shape index (κ1) is 56.5. The Kier molecular flexibility index (Phi) is 44.3. The van der Waals surface area contributed by atoms with Crippen molar-refractivity contribution >= 4 is 17.9 Å². The van der Waals surface area contributed by atoms with Gasteiger partial charge in [-0.1, -0.05) is 136 Å². The third-order valence-electron chi connectivity index (χ3n) is 8.34. The number of hydrogen-bond donors (Lipinski definition) is 6. The molecule has 0 aromatic heterocycles. The predicted molar refractivity (Wildman–Crippen MR) is 214 cm³/mol. The van der Waals surface area contributed by atoms with Crippen LogP contribution in [0.4, 0.5) is 0 Å². The monoisotopic (exact) mass is 781 g/mol. The molecule has 0 saturated carbocycles. The minimum absolute atomic E-state index is 0.00204. The maximum Gasteiger partial charge on any atom is 0.308 e. The molecule has 0 aromatic rings. The highest BCUT2D eigenvalue weighted by molar-refractivity contribution is 5.70. The van der Waals surface area contributed by atoms with Crippen LogP contribution in [-0.2, 0) is 28.6 Å². The summed E-state index contributed by atoms with van der Waals surface area (Å²) >= 11 is 0. The van der Waals surface area contributed by atoms with Crippen LogP contribution >= 0.6 is 0 Å². The van der Waals surface area contributed by atoms with Crippen LogP contribution in [0.2, 0.25) is 0 Å². The van der Waals surface area contributed by atoms with E-state index in [1.807, 2.05) is 0 Å². The number of carbonyl (C=O) groups excluding carboxylic acids is 3. The lowest BCUT2D eigenvalue weighted by atomic mass is 10.1. The first-order chi connectivity index (χ1) is 25.7. The smallest absolute Gasteiger partial charge is 0.308 e. The van der Waals surface area contributed by atoms with E-state index in [1.54, 1.807) is 20.8 Å². The lowest BCUT2D eigenvalue weighted by Crippen LogP contribution is -2.20. The summed E-state index contributed by atoms with van der Waals surface area (Å²) in [5.74, 6) is -1.31. The number of esters is 3. The van der Waals surface area contributed by atoms with Crippen molar-refractivity contribution in [2.45, 2.75) is 232 Å². The summed E-state index contributed by atoms with van der Waals surface area (Å²) in [4.78, 5) is 33.7. The van der Waals surface area contributed by atoms with Crippen molar-refractivity contribution in [1.82, 2.24) is 0 Å². The summed E-state index contributed by atoms with van der Waals surface area (Å²) in [6.45, 7) is 11.2. The number of rotatable bonds is 33. The molecule has 6 unspecified atom stereocenters. The van der Waals surface area contributed by atoms with Gasteiger partial charge in [-0.3, -0.25) is 14.4 Å². The average molecular weight is 781 g/mol. The molecule has 324 valence electrons. The second-order valence-corrected chi connectivity index (χ2v) is 14.8. The Balaban J connectivity index is -0.000000724. The van der Waals surface area contributed by atoms with Crippen LogP contribution in [0.5, 0.6) is 0 Å². The summed E-state index contributed by atoms with van der Waals surface area (Å²) in [5, 5.41) is 55.7. The predicted octanol–water partition coefficient (Wildman–Crippen LogP) is 7.24. The Labute approximate surface area is 328 Å². The van der Waals surface area contributed by atoms with Gasteiger partial charge in [0.1, 0.15) is 19.8 Å². The maximum atomic E-state index is 11.3. The van der Waals surface area contributed by atoms with Crippen molar-refractivity contribution < 1.29 is 59.2 Å². The number of aliphatic hydroxyl groups excluding tert-OH is 6. The van der Waals surface area contributed by atoms with Gasteiger partial charge in [0.05, 0.1) is 55.9 Å². The van der Waals surface area contributed by atoms with Crippen molar-refractivity contribution in [1.29, 1.82) is 0 Å². The molecule has 12 nitrogen and oxygen atoms in total. The average Bonchev–Trinajstić information content (AvgIpc) is 3.10. The highest BCUT2D eigenvalue weighted by Gasteiger charge is 2.14. The van der Waals surface area contributed by atoms with E-state index in [9.17, 15) is 29.7 Å². The Bertz CT molecular complexity index is 821. The molecule has 0 saturated heterocycles. The zero-order valence-corrected chi connectivity index (χ0v) is 35.2. The van der Waals surface area contributed by atoms with Gasteiger partial charge in [0, 0.05) is 0 Å². The van der Waals surface area contributed by atoms with Gasteiger partial charge in [0.2, 0.25) is 0 Å². The van der Waals surface area contributed by atoms with E-state index >= 15 is 0 Å². The van der Waals surface area contributed by atoms with E-state index in [1.165, 1.54) is 77.0 Å². The summed E-state index contributed by atoms with van der Waals surface area (Å²) < 4.78 is 14.4. The molecule has 0 radical (unpaired) electrons. The summed E-state index contributed by atoms with van der Waals surface area (Å²) in [6, 6.07) is 0. The Morgan fingerprint density at radius 1 is 0.370 bits per heavy atom. The summed E-state index contributed by atoms with van der Waals surface area (Å²) in [5.41, 5.74) is 0. The molecule has 0 amide bonds. The van der Waals surface area contributed by atoms with Crippen LogP contribution in [0.15, 0.2) is 0 Å². The third-order valence-corrected chi connectivity index (χ3v) is 8.34. The van der Waals surface area contributed by atoms with Crippen LogP contribution in [0.3, 0.4) is 0 Å². The Hall–Kier alpha value is -1.83. The molecule has 0 heterocycles. The number of hydrogen-bond acceptors (Lipinski definition) is 12. The number of carbonyl (C=O) groups is 3. The molecule has 6 N–H and O–H groups in total. The van der Waals surface area contributed by atoms with Crippen molar-refractivity contribution in [3.8, 4) is 0 Å². The first-order valence-corrected chi connectivity index (χ1v) is 21.2. The molecule has 0 aliphatic carbocycles. The van der Waals surface area contributed by atoms with Crippen molar-refractivity contribution in [3.05, 3.63) is 0 Å². The summed E-state index contributed by atoms with van der Waals surface area (Å²) in [7, 11) is 0. The highest BCUT2D eigenvalue weighted by Crippen LogP contribution is 2.13. The molecule has 0 spiro atoms. The fourth-order valence-corrected chi connectivity index (χ4v) is 5.18. The largest absolute Gasteiger partial charge is 0.463 e. The lowest BCUT2D eigenvalue weighted by molar-refractivity contribution is -0.149. The van der Waals surface area contributed by atoms with Crippen LogP contribution in [-0.4, -0.2) is 105 Å². The van der Waals surface area contributed by atoms with E-state index in [-0.39, 0.29) is 39.1 Å². The van der Waals surface area contributed by atoms with E-state index in [0.29, 0.717) is 19.3 Å². The molecule has 12 heteroatoms. The fourth-order valence-electron chi connectivity index (χ4n) is 5.18. The molecule has 54 heavy (non-hydrogen) atoms. The SMILES string of the molecule is CCCCCCCC(O)CC(=O)OCC(C)O.CCCCCCCCC(O)CC(=O)OCC(C)O.CCCCCCCCCC(O)CC(=O)OCC(C)O. The van der Waals surface area contributed by atoms with Gasteiger partial charge >= 0.3 is 17.9 Å². The number of ether oxygens (including phenoxy) is 3. The van der Waals surface area contributed by atoms with Gasteiger partial charge in [-0.25, -0.2) is 0 Å². The second-order valence-electron chi connectivity index (χ2n) is 14.8. The van der Waals surface area contributed by atoms with E-state index < -0.39 is 54.5 Å². The van der Waals surface area contributed by atoms with Gasteiger partial charge in [-0.2, -0.15) is 0 Å². The van der Waals surface area contributed by atoms with Crippen LogP contribution in [0.1, 0.15) is 196 Å². The first-order valence-electron chi connectivity index (χ1n) is 21.2. The Morgan fingerprint density at radius 2 is 0.574 bits per heavy atom. The minimum atomic E-state index is -0.649. The number of aliphatic hydroxyl groups is 6. The van der Waals surface area contributed by atoms with Crippen molar-refractivity contribution in [3.63, 3.8) is 0 Å². The molecular weight excluding hydrogens is 696 g/mol. The van der Waals surface area contributed by atoms with E-state index in [4.69, 9.17) is 29.5 Å². The zero-order valence-electron chi connectivity index (χ0n) is 35.2. The molecular formula is C42H84O12. The highest BCUT2D eigenvalue weighted by atomic mass is 16.6. The van der Waals surface area contributed by atoms with E-state index in [0.717, 1.165) is 38.5 Å². The lowest BCUT2D eigenvalue weighted by Gasteiger charge is -2.11. The fraction of sp³-hybridized carbons (Fsp3) is 0.929. The molecule has 0 aliphatic rings. The normalized spacial score (nSPS) is 14.2. The van der Waals surface area contributed by atoms with Gasteiger partial charge in [0.25, 0.3) is 0 Å². The molecule has 0 bridgehead atoms. The molecule has 0 rings (SSSR count). The quantitative estimate of drug-likeness (QED) is 0.0222. The van der Waals surface area contributed by atoms with Gasteiger partial charge < -0.3 is 44.8 Å². The van der Waals surface area contributed by atoms with Crippen LogP contribution in [0.25, 0.3) is 0 Å². The van der Waals surface area contributed by atoms with Gasteiger partial charge in [-0.05, 0) is 40.0 Å². The molecule has 0 fully saturated rings. The maximum absolute atomic E-state index is 11.3. The van der Waals surface area contributed by atoms with Crippen molar-refractivity contribution in [2.75, 3.05) is 19.8 Å². The van der Waals surface area contributed by atoms with Crippen LogP contribution < -0.4 is 0 Å². The zero-order chi connectivity index (χ0) is 41.4. The molecule has 0 aromatic carbocycles. The van der Waals surface area contributed by atoms with Crippen LogP contribution in [0, 0.1) is 0 Å². The number of unbranched alkanes of at least 4 members (excludes halogenated alkanes) is 15. The molecule has 6 atom stereocenters. The van der Waals surface area contributed by atoms with Crippen molar-refractivity contribution in [2.24, 2.45) is 0 Å². The molecule has 0 aliphatic heterocycles. The Morgan fingerprint density at radius 3 is 0.778 bits per heavy atom. The topological polar surface area (TPSA) is 200 Å². The van der Waals surface area contributed by atoms with Gasteiger partial charge in [-0.15, -0.1) is 0 Å². The standard InChI is InChI=1S/C15H30O4.C14H28O4.C13H26O4/c1-3-4-5-6-7-8-9-10-14(17)11-15(18)19-12-13(2)16;1-3-4-5-6-7-8-9-13(16)10-14(17)18-11-12(2)15;1-3-4-5-6-7-8-12(15)9-13(16)17-10-11(2)14/h13-14,16-17H,3-12H2,1-2H3;12-13,15-16H,3-11H2,1-2H3;11-12,14-15H,3-10H2,1-2H3. The third kappa shape index (κ3) is 50.2. The minimum Gasteiger partial charge on any atom is -0.463 e. The van der Waals surface area contributed by atoms with E-state index in [2.05, 4.69) is 20.8 Å². The van der Waals surface area contributed by atoms with Gasteiger partial charge in [0.15, 0.2) is 0 Å². The summed E-state index contributed by atoms with van der Waals surface area (Å²) in [6.07, 6.45) is 19.3.